The fourth-order valence-electron chi connectivity index (χ4n) is 0.536. The van der Waals surface area contributed by atoms with Gasteiger partial charge in [-0.1, -0.05) is 0 Å². The molecule has 11 heavy (non-hydrogen) atoms. The van der Waals surface area contributed by atoms with E-state index in [1.807, 2.05) is 0 Å². The summed E-state index contributed by atoms with van der Waals surface area (Å²) in [6.45, 7) is 3.95. The first kappa shape index (κ1) is 10.8. The Hall–Kier alpha value is -0.220. The number of hydrogen-bond acceptors (Lipinski definition) is 4. The Labute approximate surface area is 72.9 Å². The summed E-state index contributed by atoms with van der Waals surface area (Å²) in [4.78, 5) is 11.2. The Bertz CT molecular complexity index is 134. The third-order valence-corrected chi connectivity index (χ3v) is 2.23. The van der Waals surface area contributed by atoms with Crippen LogP contribution in [0.1, 0.15) is 13.8 Å². The van der Waals surface area contributed by atoms with Crippen molar-refractivity contribution < 1.29 is 9.53 Å². The van der Waals surface area contributed by atoms with Crippen LogP contribution in [0.5, 0.6) is 0 Å². The molecule has 1 atom stereocenters. The van der Waals surface area contributed by atoms with Crippen LogP contribution in [0.4, 0.5) is 0 Å². The average Bonchev–Trinajstić information content (AvgIpc) is 2.03. The van der Waals surface area contributed by atoms with Crippen LogP contribution in [0.15, 0.2) is 0 Å². The van der Waals surface area contributed by atoms with E-state index in [4.69, 9.17) is 4.74 Å². The lowest BCUT2D eigenvalue weighted by molar-refractivity contribution is -0.149. The highest BCUT2D eigenvalue weighted by Gasteiger charge is 2.30. The second-order valence-corrected chi connectivity index (χ2v) is 2.78. The Kier molecular flexibility index (Phi) is 4.52. The lowest BCUT2D eigenvalue weighted by Crippen LogP contribution is -2.50. The molecule has 0 saturated heterocycles. The summed E-state index contributed by atoms with van der Waals surface area (Å²) in [6.07, 6.45) is 0. The monoisotopic (exact) mass is 177 g/mol. The zero-order chi connectivity index (χ0) is 8.91. The van der Waals surface area contributed by atoms with Crippen LogP contribution in [0, 0.1) is 0 Å². The fraction of sp³-hybridized carbons (Fsp3) is 0.857. The number of likely N-dealkylation sites (N-methyl/N-ethyl adjacent to an activating group) is 1. The molecule has 0 heterocycles. The van der Waals surface area contributed by atoms with E-state index in [1.165, 1.54) is 0 Å². The van der Waals surface area contributed by atoms with Crippen LogP contribution in [-0.2, 0) is 9.53 Å². The van der Waals surface area contributed by atoms with Crippen molar-refractivity contribution in [1.29, 1.82) is 0 Å². The number of carbonyl (C=O) groups excluding carboxylic acids is 1. The minimum atomic E-state index is -0.654. The maximum atomic E-state index is 11.2. The Balaban J connectivity index is 4.12. The van der Waals surface area contributed by atoms with Gasteiger partial charge in [0.1, 0.15) is 5.54 Å². The van der Waals surface area contributed by atoms with Gasteiger partial charge in [-0.3, -0.25) is 4.79 Å². The first-order valence-corrected chi connectivity index (χ1v) is 4.21. The van der Waals surface area contributed by atoms with Gasteiger partial charge < -0.3 is 10.1 Å². The highest BCUT2D eigenvalue weighted by Crippen LogP contribution is 2.07. The average molecular weight is 177 g/mol. The van der Waals surface area contributed by atoms with Gasteiger partial charge in [0.05, 0.1) is 6.61 Å². The number of nitrogens with one attached hydrogen (secondary N) is 1. The lowest BCUT2D eigenvalue weighted by Gasteiger charge is -2.24. The van der Waals surface area contributed by atoms with Gasteiger partial charge in [-0.15, -0.1) is 0 Å². The first-order chi connectivity index (χ1) is 5.10. The van der Waals surface area contributed by atoms with Gasteiger partial charge in [-0.25, -0.2) is 0 Å². The van der Waals surface area contributed by atoms with Crippen molar-refractivity contribution in [3.05, 3.63) is 0 Å². The third kappa shape index (κ3) is 2.71. The van der Waals surface area contributed by atoms with Crippen molar-refractivity contribution >= 4 is 18.6 Å². The van der Waals surface area contributed by atoms with Gasteiger partial charge in [0.15, 0.2) is 0 Å². The molecule has 0 amide bonds. The van der Waals surface area contributed by atoms with E-state index in [9.17, 15) is 4.79 Å². The van der Waals surface area contributed by atoms with Gasteiger partial charge in [-0.2, -0.15) is 12.6 Å². The van der Waals surface area contributed by atoms with Crippen molar-refractivity contribution in [2.75, 3.05) is 19.4 Å². The van der Waals surface area contributed by atoms with Crippen LogP contribution < -0.4 is 5.32 Å². The summed E-state index contributed by atoms with van der Waals surface area (Å²) in [7, 11) is 1.72. The molecule has 0 spiro atoms. The number of ether oxygens (including phenoxy) is 1. The van der Waals surface area contributed by atoms with E-state index in [-0.39, 0.29) is 5.97 Å². The molecular formula is C7H15NO2S. The molecule has 0 rings (SSSR count). The molecule has 3 nitrogen and oxygen atoms in total. The molecule has 0 bridgehead atoms. The van der Waals surface area contributed by atoms with Crippen LogP contribution in [0.3, 0.4) is 0 Å². The normalized spacial score (nSPS) is 15.6. The van der Waals surface area contributed by atoms with Crippen molar-refractivity contribution in [1.82, 2.24) is 5.32 Å². The SMILES string of the molecule is CCOC(=O)C(C)(CS)NC. The van der Waals surface area contributed by atoms with E-state index >= 15 is 0 Å². The summed E-state index contributed by atoms with van der Waals surface area (Å²) in [6, 6.07) is 0. The second-order valence-electron chi connectivity index (χ2n) is 2.46. The first-order valence-electron chi connectivity index (χ1n) is 3.57. The zero-order valence-electron chi connectivity index (χ0n) is 7.18. The smallest absolute Gasteiger partial charge is 0.326 e. The van der Waals surface area contributed by atoms with Crippen LogP contribution in [-0.4, -0.2) is 30.9 Å². The van der Waals surface area contributed by atoms with Gasteiger partial charge >= 0.3 is 5.97 Å². The van der Waals surface area contributed by atoms with Crippen molar-refractivity contribution in [3.63, 3.8) is 0 Å². The standard InChI is InChI=1S/C7H15NO2S/c1-4-10-6(9)7(2,5-11)8-3/h8,11H,4-5H2,1-3H3. The minimum absolute atomic E-state index is 0.252. The molecule has 0 aliphatic carbocycles. The molecule has 0 fully saturated rings. The number of thiol groups is 1. The third-order valence-electron chi connectivity index (χ3n) is 1.59. The van der Waals surface area contributed by atoms with Crippen molar-refractivity contribution in [3.8, 4) is 0 Å². The number of esters is 1. The van der Waals surface area contributed by atoms with Gasteiger partial charge in [0.2, 0.25) is 0 Å². The van der Waals surface area contributed by atoms with E-state index in [1.54, 1.807) is 20.9 Å². The maximum absolute atomic E-state index is 11.2. The number of hydrogen-bond donors (Lipinski definition) is 2. The Morgan fingerprint density at radius 3 is 2.55 bits per heavy atom. The molecule has 66 valence electrons. The maximum Gasteiger partial charge on any atom is 0.326 e. The van der Waals surface area contributed by atoms with E-state index in [2.05, 4.69) is 17.9 Å². The summed E-state index contributed by atoms with van der Waals surface area (Å²) in [5.41, 5.74) is -0.654. The molecule has 0 aliphatic rings. The van der Waals surface area contributed by atoms with Gasteiger partial charge in [0, 0.05) is 5.75 Å². The zero-order valence-corrected chi connectivity index (χ0v) is 8.07. The molecule has 0 aromatic rings. The fourth-order valence-corrected chi connectivity index (χ4v) is 0.823. The molecule has 4 heteroatoms. The van der Waals surface area contributed by atoms with E-state index < -0.39 is 5.54 Å². The van der Waals surface area contributed by atoms with Crippen LogP contribution >= 0.6 is 12.6 Å². The molecule has 0 radical (unpaired) electrons. The van der Waals surface area contributed by atoms with E-state index in [0.717, 1.165) is 0 Å². The Morgan fingerprint density at radius 1 is 1.73 bits per heavy atom. The largest absolute Gasteiger partial charge is 0.465 e. The van der Waals surface area contributed by atoms with Crippen molar-refractivity contribution in [2.24, 2.45) is 0 Å². The van der Waals surface area contributed by atoms with Crippen LogP contribution in [0.2, 0.25) is 0 Å². The van der Waals surface area contributed by atoms with E-state index in [0.29, 0.717) is 12.4 Å². The minimum Gasteiger partial charge on any atom is -0.465 e. The predicted molar refractivity (Wildman–Crippen MR) is 48.0 cm³/mol. The second kappa shape index (κ2) is 4.62. The summed E-state index contributed by atoms with van der Waals surface area (Å²) in [5.74, 6) is 0.181. The molecule has 0 saturated carbocycles. The summed E-state index contributed by atoms with van der Waals surface area (Å²) < 4.78 is 4.84. The highest BCUT2D eigenvalue weighted by atomic mass is 32.1. The summed E-state index contributed by atoms with van der Waals surface area (Å²) in [5, 5.41) is 2.86. The molecular weight excluding hydrogens is 162 g/mol. The Morgan fingerprint density at radius 2 is 2.27 bits per heavy atom. The predicted octanol–water partition coefficient (Wildman–Crippen LogP) is 0.457. The topological polar surface area (TPSA) is 38.3 Å². The van der Waals surface area contributed by atoms with Gasteiger partial charge in [-0.05, 0) is 20.9 Å². The number of carbonyl (C=O) groups is 1. The van der Waals surface area contributed by atoms with Crippen LogP contribution in [0.25, 0.3) is 0 Å². The highest BCUT2D eigenvalue weighted by molar-refractivity contribution is 7.80. The quantitative estimate of drug-likeness (QED) is 0.484. The molecule has 0 aliphatic heterocycles. The molecule has 0 aromatic heterocycles. The van der Waals surface area contributed by atoms with Gasteiger partial charge in [0.25, 0.3) is 0 Å². The summed E-state index contributed by atoms with van der Waals surface area (Å²) >= 11 is 4.05. The van der Waals surface area contributed by atoms with Crippen molar-refractivity contribution in [2.45, 2.75) is 19.4 Å². The molecule has 0 aromatic carbocycles. The molecule has 1 unspecified atom stereocenters. The lowest BCUT2D eigenvalue weighted by atomic mass is 10.1. The number of rotatable bonds is 4. The molecule has 1 N–H and O–H groups in total.